The highest BCUT2D eigenvalue weighted by atomic mass is 32.2. The Morgan fingerprint density at radius 3 is 2.70 bits per heavy atom. The Bertz CT molecular complexity index is 878. The number of phenols is 1. The van der Waals surface area contributed by atoms with Gasteiger partial charge in [0.2, 0.25) is 0 Å². The first kappa shape index (κ1) is 19.5. The summed E-state index contributed by atoms with van der Waals surface area (Å²) in [6.07, 6.45) is 4.27. The highest BCUT2D eigenvalue weighted by Gasteiger charge is 2.22. The van der Waals surface area contributed by atoms with Gasteiger partial charge in [0.25, 0.3) is 5.91 Å². The van der Waals surface area contributed by atoms with Gasteiger partial charge in [0.05, 0.1) is 11.5 Å². The molecule has 0 unspecified atom stereocenters. The van der Waals surface area contributed by atoms with Crippen molar-refractivity contribution in [3.63, 3.8) is 0 Å². The molecule has 140 valence electrons. The lowest BCUT2D eigenvalue weighted by molar-refractivity contribution is -0.115. The van der Waals surface area contributed by atoms with Crippen LogP contribution in [0.1, 0.15) is 36.5 Å². The molecule has 0 bridgehead atoms. The zero-order valence-corrected chi connectivity index (χ0v) is 16.7. The molecule has 0 aromatic heterocycles. The Kier molecular flexibility index (Phi) is 6.53. The van der Waals surface area contributed by atoms with Gasteiger partial charge in [-0.25, -0.2) is 0 Å². The summed E-state index contributed by atoms with van der Waals surface area (Å²) < 4.78 is 6.25. The zero-order chi connectivity index (χ0) is 19.2. The normalized spacial score (nSPS) is 15.2. The fourth-order valence-electron chi connectivity index (χ4n) is 2.73. The molecule has 1 aliphatic heterocycles. The molecule has 1 fully saturated rings. The maximum absolute atomic E-state index is 12.0. The van der Waals surface area contributed by atoms with Crippen LogP contribution in [0.15, 0.2) is 47.4 Å². The molecule has 2 N–H and O–H groups in total. The van der Waals surface area contributed by atoms with Crippen LogP contribution in [0.3, 0.4) is 0 Å². The molecule has 2 aromatic rings. The predicted molar refractivity (Wildman–Crippen MR) is 114 cm³/mol. The van der Waals surface area contributed by atoms with Crippen molar-refractivity contribution in [1.82, 2.24) is 5.32 Å². The van der Waals surface area contributed by atoms with Crippen molar-refractivity contribution in [3.05, 3.63) is 64.1 Å². The maximum atomic E-state index is 12.0. The molecular formula is C21H21NO3S2. The number of thiocarbonyl (C=S) groups is 1. The number of hydrogen-bond donors (Lipinski definition) is 2. The molecule has 4 nitrogen and oxygen atoms in total. The van der Waals surface area contributed by atoms with E-state index in [-0.39, 0.29) is 11.7 Å². The third kappa shape index (κ3) is 5.11. The van der Waals surface area contributed by atoms with E-state index in [1.165, 1.54) is 11.8 Å². The van der Waals surface area contributed by atoms with Crippen molar-refractivity contribution < 1.29 is 14.6 Å². The predicted octanol–water partition coefficient (Wildman–Crippen LogP) is 4.65. The van der Waals surface area contributed by atoms with Crippen LogP contribution in [0.4, 0.5) is 0 Å². The van der Waals surface area contributed by atoms with E-state index in [0.29, 0.717) is 28.0 Å². The molecule has 27 heavy (non-hydrogen) atoms. The second-order valence-electron chi connectivity index (χ2n) is 6.24. The average molecular weight is 400 g/mol. The SMILES string of the molecule is CCCCOc1cc(/C=C2/SC(=S)NC2=O)cc(Cc2ccccc2)c1O. The third-order valence-corrected chi connectivity index (χ3v) is 5.27. The van der Waals surface area contributed by atoms with Gasteiger partial charge in [-0.15, -0.1) is 0 Å². The number of carbonyl (C=O) groups excluding carboxylic acids is 1. The number of benzene rings is 2. The van der Waals surface area contributed by atoms with E-state index < -0.39 is 0 Å². The topological polar surface area (TPSA) is 58.6 Å². The van der Waals surface area contributed by atoms with Crippen LogP contribution in [0.5, 0.6) is 11.5 Å². The van der Waals surface area contributed by atoms with E-state index in [1.807, 2.05) is 36.4 Å². The molecule has 2 aromatic carbocycles. The zero-order valence-electron chi connectivity index (χ0n) is 15.0. The summed E-state index contributed by atoms with van der Waals surface area (Å²) in [6.45, 7) is 2.62. The van der Waals surface area contributed by atoms with E-state index in [2.05, 4.69) is 12.2 Å². The first-order valence-corrected chi connectivity index (χ1v) is 10.1. The molecule has 0 spiro atoms. The van der Waals surface area contributed by atoms with Crippen LogP contribution in [-0.2, 0) is 11.2 Å². The van der Waals surface area contributed by atoms with Gasteiger partial charge in [0, 0.05) is 12.0 Å². The monoisotopic (exact) mass is 399 g/mol. The quantitative estimate of drug-likeness (QED) is 0.403. The Labute approximate surface area is 168 Å². The summed E-state index contributed by atoms with van der Waals surface area (Å²) in [5.41, 5.74) is 2.65. The van der Waals surface area contributed by atoms with Crippen LogP contribution in [0.25, 0.3) is 6.08 Å². The lowest BCUT2D eigenvalue weighted by Crippen LogP contribution is -2.17. The molecule has 1 amide bonds. The minimum absolute atomic E-state index is 0.149. The van der Waals surface area contributed by atoms with E-state index in [0.717, 1.165) is 29.5 Å². The molecular weight excluding hydrogens is 378 g/mol. The number of phenolic OH excluding ortho intramolecular Hbond substituents is 1. The Balaban J connectivity index is 1.95. The molecule has 6 heteroatoms. The van der Waals surface area contributed by atoms with Crippen LogP contribution in [0, 0.1) is 0 Å². The first-order chi connectivity index (χ1) is 13.1. The molecule has 1 heterocycles. The molecule has 0 radical (unpaired) electrons. The Hall–Kier alpha value is -2.31. The molecule has 0 saturated carbocycles. The van der Waals surface area contributed by atoms with Gasteiger partial charge in [0.15, 0.2) is 11.5 Å². The van der Waals surface area contributed by atoms with Crippen molar-refractivity contribution >= 4 is 40.3 Å². The van der Waals surface area contributed by atoms with E-state index in [4.69, 9.17) is 17.0 Å². The number of nitrogens with one attached hydrogen (secondary N) is 1. The van der Waals surface area contributed by atoms with Crippen LogP contribution in [0.2, 0.25) is 0 Å². The second kappa shape index (κ2) is 9.06. The average Bonchev–Trinajstić information content (AvgIpc) is 2.96. The number of amides is 1. The summed E-state index contributed by atoms with van der Waals surface area (Å²) in [5, 5.41) is 13.3. The maximum Gasteiger partial charge on any atom is 0.263 e. The Morgan fingerprint density at radius 1 is 1.26 bits per heavy atom. The van der Waals surface area contributed by atoms with Crippen LogP contribution < -0.4 is 10.1 Å². The summed E-state index contributed by atoms with van der Waals surface area (Å²) in [4.78, 5) is 12.5. The fourth-order valence-corrected chi connectivity index (χ4v) is 3.78. The summed E-state index contributed by atoms with van der Waals surface area (Å²) in [7, 11) is 0. The lowest BCUT2D eigenvalue weighted by Gasteiger charge is -2.13. The fraction of sp³-hybridized carbons (Fsp3) is 0.238. The van der Waals surface area contributed by atoms with Gasteiger partial charge in [-0.3, -0.25) is 4.79 Å². The van der Waals surface area contributed by atoms with Crippen molar-refractivity contribution in [1.29, 1.82) is 0 Å². The number of unbranched alkanes of at least 4 members (excludes halogenated alkanes) is 1. The summed E-state index contributed by atoms with van der Waals surface area (Å²) in [6, 6.07) is 13.6. The molecule has 3 rings (SSSR count). The van der Waals surface area contributed by atoms with Crippen LogP contribution in [-0.4, -0.2) is 21.9 Å². The van der Waals surface area contributed by atoms with E-state index >= 15 is 0 Å². The number of carbonyl (C=O) groups is 1. The molecule has 1 saturated heterocycles. The van der Waals surface area contributed by atoms with Gasteiger partial charge in [-0.2, -0.15) is 0 Å². The molecule has 0 atom stereocenters. The highest BCUT2D eigenvalue weighted by Crippen LogP contribution is 2.35. The van der Waals surface area contributed by atoms with Gasteiger partial charge in [-0.1, -0.05) is 67.7 Å². The number of rotatable bonds is 7. The molecule has 1 aliphatic rings. The smallest absolute Gasteiger partial charge is 0.263 e. The number of thioether (sulfide) groups is 1. The van der Waals surface area contributed by atoms with E-state index in [1.54, 1.807) is 12.1 Å². The van der Waals surface area contributed by atoms with Gasteiger partial charge in [0.1, 0.15) is 4.32 Å². The Morgan fingerprint density at radius 2 is 2.04 bits per heavy atom. The van der Waals surface area contributed by atoms with Gasteiger partial charge in [-0.05, 0) is 35.8 Å². The minimum Gasteiger partial charge on any atom is -0.504 e. The number of ether oxygens (including phenoxy) is 1. The highest BCUT2D eigenvalue weighted by molar-refractivity contribution is 8.26. The summed E-state index contributed by atoms with van der Waals surface area (Å²) >= 11 is 6.28. The van der Waals surface area contributed by atoms with Crippen molar-refractivity contribution in [2.24, 2.45) is 0 Å². The standard InChI is InChI=1S/C21H21NO3S2/c1-2-3-9-25-17-12-15(13-18-20(24)22-21(26)27-18)11-16(19(17)23)10-14-7-5-4-6-8-14/h4-8,11-13,23H,2-3,9-10H2,1H3,(H,22,24,26)/b18-13+. The van der Waals surface area contributed by atoms with Gasteiger partial charge < -0.3 is 15.2 Å². The van der Waals surface area contributed by atoms with E-state index in [9.17, 15) is 9.90 Å². The molecule has 0 aliphatic carbocycles. The largest absolute Gasteiger partial charge is 0.504 e. The third-order valence-electron chi connectivity index (χ3n) is 4.11. The summed E-state index contributed by atoms with van der Waals surface area (Å²) in [5.74, 6) is 0.391. The first-order valence-electron chi connectivity index (χ1n) is 8.84. The van der Waals surface area contributed by atoms with Crippen LogP contribution >= 0.6 is 24.0 Å². The second-order valence-corrected chi connectivity index (χ2v) is 7.96. The van der Waals surface area contributed by atoms with Gasteiger partial charge >= 0.3 is 0 Å². The van der Waals surface area contributed by atoms with Crippen molar-refractivity contribution in [2.45, 2.75) is 26.2 Å². The lowest BCUT2D eigenvalue weighted by atomic mass is 10.0. The number of hydrogen-bond acceptors (Lipinski definition) is 5. The van der Waals surface area contributed by atoms with Crippen molar-refractivity contribution in [3.8, 4) is 11.5 Å². The minimum atomic E-state index is -0.198. The van der Waals surface area contributed by atoms with Crippen molar-refractivity contribution in [2.75, 3.05) is 6.61 Å². The number of aromatic hydroxyl groups is 1.